The van der Waals surface area contributed by atoms with Crippen LogP contribution < -0.4 is 11.1 Å². The first-order valence-electron chi connectivity index (χ1n) is 6.41. The van der Waals surface area contributed by atoms with E-state index in [1.807, 2.05) is 31.2 Å². The Morgan fingerprint density at radius 2 is 2.33 bits per heavy atom. The Hall–Kier alpha value is -1.24. The summed E-state index contributed by atoms with van der Waals surface area (Å²) in [5, 5.41) is 4.15. The average molecular weight is 342 g/mol. The third kappa shape index (κ3) is 5.22. The van der Waals surface area contributed by atoms with Gasteiger partial charge in [0.05, 0.1) is 15.7 Å². The average Bonchev–Trinajstić information content (AvgIpc) is 2.75. The van der Waals surface area contributed by atoms with Crippen molar-refractivity contribution >= 4 is 45.7 Å². The maximum atomic E-state index is 11.8. The molecule has 21 heavy (non-hydrogen) atoms. The van der Waals surface area contributed by atoms with Crippen molar-refractivity contribution in [1.29, 1.82) is 0 Å². The number of aryl methyl sites for hydroxylation is 1. The number of hydrogen-bond acceptors (Lipinski definition) is 5. The molecule has 0 aliphatic rings. The van der Waals surface area contributed by atoms with Crippen LogP contribution >= 0.6 is 34.7 Å². The Bertz CT molecular complexity index is 630. The first kappa shape index (κ1) is 16.1. The fourth-order valence-electron chi connectivity index (χ4n) is 1.76. The van der Waals surface area contributed by atoms with Gasteiger partial charge in [0.25, 0.3) is 0 Å². The van der Waals surface area contributed by atoms with Crippen LogP contribution in [0.15, 0.2) is 28.5 Å². The predicted octanol–water partition coefficient (Wildman–Crippen LogP) is 3.14. The van der Waals surface area contributed by atoms with E-state index >= 15 is 0 Å². The molecule has 0 radical (unpaired) electrons. The second kappa shape index (κ2) is 7.68. The number of nitrogens with one attached hydrogen (secondary N) is 1. The van der Waals surface area contributed by atoms with Gasteiger partial charge in [0.2, 0.25) is 5.91 Å². The molecule has 0 fully saturated rings. The number of benzene rings is 1. The molecule has 0 saturated heterocycles. The van der Waals surface area contributed by atoms with E-state index in [1.165, 1.54) is 23.1 Å². The second-order valence-electron chi connectivity index (χ2n) is 4.44. The summed E-state index contributed by atoms with van der Waals surface area (Å²) in [5.41, 5.74) is 7.62. The maximum Gasteiger partial charge on any atom is 0.230 e. The van der Waals surface area contributed by atoms with Crippen LogP contribution in [0.3, 0.4) is 0 Å². The number of thiazole rings is 1. The summed E-state index contributed by atoms with van der Waals surface area (Å²) in [7, 11) is 0. The quantitative estimate of drug-likeness (QED) is 0.792. The number of hydrogen-bond donors (Lipinski definition) is 2. The van der Waals surface area contributed by atoms with Crippen molar-refractivity contribution in [2.75, 3.05) is 18.0 Å². The number of halogens is 1. The van der Waals surface area contributed by atoms with Crippen molar-refractivity contribution in [1.82, 2.24) is 10.3 Å². The monoisotopic (exact) mass is 341 g/mol. The van der Waals surface area contributed by atoms with E-state index in [1.54, 1.807) is 0 Å². The predicted molar refractivity (Wildman–Crippen MR) is 90.2 cm³/mol. The summed E-state index contributed by atoms with van der Waals surface area (Å²) in [6, 6.07) is 7.65. The zero-order chi connectivity index (χ0) is 15.2. The largest absolute Gasteiger partial charge is 0.375 e. The van der Waals surface area contributed by atoms with E-state index in [-0.39, 0.29) is 5.91 Å². The minimum Gasteiger partial charge on any atom is -0.375 e. The van der Waals surface area contributed by atoms with Crippen LogP contribution in [0.2, 0.25) is 5.02 Å². The first-order chi connectivity index (χ1) is 10.0. The molecule has 1 heterocycles. The third-order valence-corrected chi connectivity index (χ3v) is 5.31. The van der Waals surface area contributed by atoms with Crippen molar-refractivity contribution in [2.24, 2.45) is 0 Å². The van der Waals surface area contributed by atoms with Gasteiger partial charge in [-0.05, 0) is 31.0 Å². The van der Waals surface area contributed by atoms with Gasteiger partial charge in [-0.25, -0.2) is 4.98 Å². The number of amides is 1. The number of rotatable bonds is 6. The van der Waals surface area contributed by atoms with E-state index in [9.17, 15) is 4.79 Å². The number of nitrogens with two attached hydrogens (primary N) is 1. The van der Waals surface area contributed by atoms with Gasteiger partial charge in [0.1, 0.15) is 0 Å². The summed E-state index contributed by atoms with van der Waals surface area (Å²) in [4.78, 5) is 15.9. The topological polar surface area (TPSA) is 68.0 Å². The standard InChI is InChI=1S/C14H16ClN3OS2/c1-9-13(21-14(16)18-9)20-8-12(19)17-6-5-10-3-2-4-11(15)7-10/h2-4,7H,5-6,8H2,1H3,(H2,16,18)(H,17,19). The number of aromatic nitrogens is 1. The van der Waals surface area contributed by atoms with Crippen molar-refractivity contribution in [3.63, 3.8) is 0 Å². The minimum atomic E-state index is 0.00778. The smallest absolute Gasteiger partial charge is 0.230 e. The molecule has 0 spiro atoms. The number of thioether (sulfide) groups is 1. The Kier molecular flexibility index (Phi) is 5.90. The summed E-state index contributed by atoms with van der Waals surface area (Å²) in [6.45, 7) is 2.50. The fourth-order valence-corrected chi connectivity index (χ4v) is 3.82. The number of nitrogen functional groups attached to an aromatic ring is 1. The van der Waals surface area contributed by atoms with Crippen LogP contribution in [0.5, 0.6) is 0 Å². The van der Waals surface area contributed by atoms with E-state index in [0.717, 1.165) is 21.9 Å². The fraction of sp³-hybridized carbons (Fsp3) is 0.286. The van der Waals surface area contributed by atoms with Crippen LogP contribution in [0.25, 0.3) is 0 Å². The lowest BCUT2D eigenvalue weighted by molar-refractivity contribution is -0.118. The van der Waals surface area contributed by atoms with E-state index in [2.05, 4.69) is 10.3 Å². The SMILES string of the molecule is Cc1nc(N)sc1SCC(=O)NCCc1cccc(Cl)c1. The lowest BCUT2D eigenvalue weighted by Gasteiger charge is -2.05. The molecule has 0 unspecified atom stereocenters. The van der Waals surface area contributed by atoms with Crippen molar-refractivity contribution < 1.29 is 4.79 Å². The molecule has 7 heteroatoms. The molecule has 1 amide bonds. The normalized spacial score (nSPS) is 10.6. The van der Waals surface area contributed by atoms with Crippen LogP contribution in [-0.2, 0) is 11.2 Å². The number of carbonyl (C=O) groups is 1. The summed E-state index contributed by atoms with van der Waals surface area (Å²) in [5.74, 6) is 0.381. The summed E-state index contributed by atoms with van der Waals surface area (Å²) in [6.07, 6.45) is 0.767. The third-order valence-electron chi connectivity index (χ3n) is 2.73. The number of carbonyl (C=O) groups excluding carboxylic acids is 1. The molecule has 112 valence electrons. The first-order valence-corrected chi connectivity index (χ1v) is 8.59. The Morgan fingerprint density at radius 1 is 1.52 bits per heavy atom. The Labute approximate surface area is 137 Å². The van der Waals surface area contributed by atoms with Gasteiger partial charge >= 0.3 is 0 Å². The van der Waals surface area contributed by atoms with Gasteiger partial charge in [-0.1, -0.05) is 35.1 Å². The zero-order valence-electron chi connectivity index (χ0n) is 11.6. The lowest BCUT2D eigenvalue weighted by Crippen LogP contribution is -2.27. The Morgan fingerprint density at radius 3 is 3.00 bits per heavy atom. The number of nitrogens with zero attached hydrogens (tertiary/aromatic N) is 1. The zero-order valence-corrected chi connectivity index (χ0v) is 13.9. The van der Waals surface area contributed by atoms with Crippen molar-refractivity contribution in [2.45, 2.75) is 17.6 Å². The molecule has 0 aliphatic carbocycles. The molecule has 2 aromatic rings. The molecular formula is C14H16ClN3OS2. The van der Waals surface area contributed by atoms with Gasteiger partial charge in [-0.3, -0.25) is 4.79 Å². The van der Waals surface area contributed by atoms with Crippen LogP contribution in [-0.4, -0.2) is 23.2 Å². The molecule has 0 aliphatic heterocycles. The summed E-state index contributed by atoms with van der Waals surface area (Å²) >= 11 is 8.80. The highest BCUT2D eigenvalue weighted by Gasteiger charge is 2.08. The van der Waals surface area contributed by atoms with E-state index in [4.69, 9.17) is 17.3 Å². The van der Waals surface area contributed by atoms with Crippen LogP contribution in [0, 0.1) is 6.92 Å². The highest BCUT2D eigenvalue weighted by atomic mass is 35.5. The van der Waals surface area contributed by atoms with Crippen LogP contribution in [0.1, 0.15) is 11.3 Å². The molecule has 0 bridgehead atoms. The van der Waals surface area contributed by atoms with Gasteiger partial charge in [-0.2, -0.15) is 0 Å². The molecule has 0 atom stereocenters. The highest BCUT2D eigenvalue weighted by Crippen LogP contribution is 2.30. The molecule has 1 aromatic heterocycles. The molecule has 0 saturated carbocycles. The number of anilines is 1. The van der Waals surface area contributed by atoms with E-state index in [0.29, 0.717) is 22.5 Å². The van der Waals surface area contributed by atoms with E-state index < -0.39 is 0 Å². The molecule has 2 rings (SSSR count). The van der Waals surface area contributed by atoms with Crippen molar-refractivity contribution in [3.05, 3.63) is 40.5 Å². The molecular weight excluding hydrogens is 326 g/mol. The van der Waals surface area contributed by atoms with Crippen LogP contribution in [0.4, 0.5) is 5.13 Å². The highest BCUT2D eigenvalue weighted by molar-refractivity contribution is 8.01. The van der Waals surface area contributed by atoms with Crippen molar-refractivity contribution in [3.8, 4) is 0 Å². The lowest BCUT2D eigenvalue weighted by atomic mass is 10.1. The van der Waals surface area contributed by atoms with Gasteiger partial charge < -0.3 is 11.1 Å². The molecule has 1 aromatic carbocycles. The minimum absolute atomic E-state index is 0.00778. The van der Waals surface area contributed by atoms with Gasteiger partial charge in [0.15, 0.2) is 5.13 Å². The molecule has 4 nitrogen and oxygen atoms in total. The Balaban J connectivity index is 1.71. The summed E-state index contributed by atoms with van der Waals surface area (Å²) < 4.78 is 0.998. The van der Waals surface area contributed by atoms with Gasteiger partial charge in [-0.15, -0.1) is 11.8 Å². The van der Waals surface area contributed by atoms with Gasteiger partial charge in [0, 0.05) is 11.6 Å². The maximum absolute atomic E-state index is 11.8. The molecule has 3 N–H and O–H groups in total. The second-order valence-corrected chi connectivity index (χ2v) is 7.15.